The minimum atomic E-state index is -0.234. The van der Waals surface area contributed by atoms with E-state index in [9.17, 15) is 5.11 Å². The number of hydrogen-bond acceptors (Lipinski definition) is 3. The third-order valence-corrected chi connectivity index (χ3v) is 3.51. The summed E-state index contributed by atoms with van der Waals surface area (Å²) in [5.41, 5.74) is 1.23. The summed E-state index contributed by atoms with van der Waals surface area (Å²) in [7, 11) is 0. The molecule has 1 aliphatic carbocycles. The normalized spacial score (nSPS) is 24.4. The van der Waals surface area contributed by atoms with Crippen molar-refractivity contribution in [3.05, 3.63) is 29.8 Å². The lowest BCUT2D eigenvalue weighted by Gasteiger charge is -2.31. The molecule has 108 valence electrons. The molecule has 19 heavy (non-hydrogen) atoms. The van der Waals surface area contributed by atoms with Gasteiger partial charge in [-0.1, -0.05) is 30.5 Å². The molecular formula is C15H24ClNO2. The Morgan fingerprint density at radius 1 is 1.21 bits per heavy atom. The quantitative estimate of drug-likeness (QED) is 0.836. The monoisotopic (exact) mass is 285 g/mol. The third-order valence-electron chi connectivity index (χ3n) is 3.51. The van der Waals surface area contributed by atoms with Crippen LogP contribution in [0.15, 0.2) is 24.3 Å². The van der Waals surface area contributed by atoms with E-state index in [4.69, 9.17) is 4.74 Å². The maximum atomic E-state index is 9.90. The highest BCUT2D eigenvalue weighted by Gasteiger charge is 2.24. The van der Waals surface area contributed by atoms with E-state index in [-0.39, 0.29) is 30.8 Å². The largest absolute Gasteiger partial charge is 0.476 e. The maximum absolute atomic E-state index is 9.90. The molecule has 1 fully saturated rings. The van der Waals surface area contributed by atoms with E-state index in [2.05, 4.69) is 12.2 Å². The van der Waals surface area contributed by atoms with Gasteiger partial charge in [-0.05, 0) is 38.8 Å². The summed E-state index contributed by atoms with van der Waals surface area (Å²) >= 11 is 0. The molecule has 1 saturated carbocycles. The highest BCUT2D eigenvalue weighted by atomic mass is 35.5. The van der Waals surface area contributed by atoms with E-state index in [1.165, 1.54) is 12.0 Å². The molecule has 0 saturated heterocycles. The van der Waals surface area contributed by atoms with Crippen LogP contribution in [0.3, 0.4) is 0 Å². The first-order chi connectivity index (χ1) is 8.65. The van der Waals surface area contributed by atoms with Crippen LogP contribution in [-0.2, 0) is 0 Å². The lowest BCUT2D eigenvalue weighted by atomic mass is 9.92. The summed E-state index contributed by atoms with van der Waals surface area (Å²) in [6.45, 7) is 4.05. The molecule has 0 amide bonds. The fourth-order valence-electron chi connectivity index (χ4n) is 2.46. The van der Waals surface area contributed by atoms with E-state index in [0.717, 1.165) is 25.0 Å². The van der Waals surface area contributed by atoms with E-state index < -0.39 is 0 Å². The molecule has 0 heterocycles. The lowest BCUT2D eigenvalue weighted by Crippen LogP contribution is -2.48. The second-order valence-corrected chi connectivity index (χ2v) is 5.20. The number of rotatable bonds is 4. The summed E-state index contributed by atoms with van der Waals surface area (Å²) in [6.07, 6.45) is 3.93. The maximum Gasteiger partial charge on any atom is 0.147 e. The van der Waals surface area contributed by atoms with Gasteiger partial charge in [0.25, 0.3) is 0 Å². The Hall–Kier alpha value is -0.770. The average molecular weight is 286 g/mol. The minimum absolute atomic E-state index is 0. The topological polar surface area (TPSA) is 41.5 Å². The van der Waals surface area contributed by atoms with Crippen LogP contribution >= 0.6 is 12.4 Å². The molecule has 3 atom stereocenters. The van der Waals surface area contributed by atoms with Crippen molar-refractivity contribution in [2.24, 2.45) is 0 Å². The van der Waals surface area contributed by atoms with Crippen molar-refractivity contribution in [3.63, 3.8) is 0 Å². The van der Waals surface area contributed by atoms with E-state index >= 15 is 0 Å². The number of ether oxygens (including phenoxy) is 1. The van der Waals surface area contributed by atoms with Gasteiger partial charge in [-0.2, -0.15) is 0 Å². The van der Waals surface area contributed by atoms with Gasteiger partial charge in [0.05, 0.1) is 6.10 Å². The number of aryl methyl sites for hydroxylation is 1. The molecule has 2 rings (SSSR count). The molecule has 0 bridgehead atoms. The summed E-state index contributed by atoms with van der Waals surface area (Å²) in [6, 6.07) is 8.20. The Bertz CT molecular complexity index is 369. The van der Waals surface area contributed by atoms with Gasteiger partial charge in [-0.25, -0.2) is 0 Å². The smallest absolute Gasteiger partial charge is 0.147 e. The number of hydrogen-bond donors (Lipinski definition) is 2. The molecule has 2 N–H and O–H groups in total. The zero-order chi connectivity index (χ0) is 13.0. The van der Waals surface area contributed by atoms with Crippen LogP contribution in [0.5, 0.6) is 5.75 Å². The summed E-state index contributed by atoms with van der Waals surface area (Å²) < 4.78 is 5.80. The van der Waals surface area contributed by atoms with Crippen molar-refractivity contribution in [2.45, 2.75) is 57.9 Å². The van der Waals surface area contributed by atoms with Crippen LogP contribution in [0.25, 0.3) is 0 Å². The van der Waals surface area contributed by atoms with Crippen LogP contribution < -0.4 is 10.1 Å². The predicted octanol–water partition coefficient (Wildman–Crippen LogP) is 3.03. The van der Waals surface area contributed by atoms with Crippen LogP contribution in [0.4, 0.5) is 0 Å². The number of aliphatic hydroxyl groups is 1. The van der Waals surface area contributed by atoms with Crippen molar-refractivity contribution < 1.29 is 9.84 Å². The molecule has 4 heteroatoms. The first kappa shape index (κ1) is 16.3. The molecular weight excluding hydrogens is 262 g/mol. The molecule has 1 aromatic carbocycles. The molecule has 0 aliphatic heterocycles. The van der Waals surface area contributed by atoms with Gasteiger partial charge in [-0.3, -0.25) is 5.32 Å². The number of nitrogens with one attached hydrogen (secondary N) is 1. The standard InChI is InChI=1S/C15H23NO2.ClH/c1-11-7-9-13(10-8-11)18-12(2)16-14-5-3-4-6-15(14)17;/h7-10,12,14-17H,3-6H2,1-2H3;1H. The van der Waals surface area contributed by atoms with Gasteiger partial charge in [0.2, 0.25) is 0 Å². The van der Waals surface area contributed by atoms with Gasteiger partial charge in [0.1, 0.15) is 12.0 Å². The lowest BCUT2D eigenvalue weighted by molar-refractivity contribution is 0.0581. The van der Waals surface area contributed by atoms with E-state index in [1.54, 1.807) is 0 Å². The highest BCUT2D eigenvalue weighted by Crippen LogP contribution is 2.19. The Morgan fingerprint density at radius 3 is 2.47 bits per heavy atom. The molecule has 0 aromatic heterocycles. The van der Waals surface area contributed by atoms with Crippen molar-refractivity contribution in [1.29, 1.82) is 0 Å². The number of aliphatic hydroxyl groups excluding tert-OH is 1. The fourth-order valence-corrected chi connectivity index (χ4v) is 2.46. The van der Waals surface area contributed by atoms with Gasteiger partial charge in [0.15, 0.2) is 0 Å². The summed E-state index contributed by atoms with van der Waals surface area (Å²) in [5.74, 6) is 0.867. The summed E-state index contributed by atoms with van der Waals surface area (Å²) in [4.78, 5) is 0. The molecule has 0 radical (unpaired) electrons. The van der Waals surface area contributed by atoms with Crippen LogP contribution in [0.2, 0.25) is 0 Å². The minimum Gasteiger partial charge on any atom is -0.476 e. The van der Waals surface area contributed by atoms with Crippen LogP contribution in [0, 0.1) is 6.92 Å². The Labute approximate surface area is 121 Å². The Kier molecular flexibility index (Phi) is 6.63. The second-order valence-electron chi connectivity index (χ2n) is 5.20. The fraction of sp³-hybridized carbons (Fsp3) is 0.600. The van der Waals surface area contributed by atoms with Crippen LogP contribution in [-0.4, -0.2) is 23.5 Å². The van der Waals surface area contributed by atoms with E-state index in [0.29, 0.717) is 0 Å². The molecule has 0 spiro atoms. The second kappa shape index (κ2) is 7.73. The molecule has 3 unspecified atom stereocenters. The van der Waals surface area contributed by atoms with Gasteiger partial charge >= 0.3 is 0 Å². The van der Waals surface area contributed by atoms with E-state index in [1.807, 2.05) is 31.2 Å². The molecule has 1 aromatic rings. The highest BCUT2D eigenvalue weighted by molar-refractivity contribution is 5.85. The first-order valence-corrected chi connectivity index (χ1v) is 6.82. The first-order valence-electron chi connectivity index (χ1n) is 6.82. The number of benzene rings is 1. The molecule has 3 nitrogen and oxygen atoms in total. The van der Waals surface area contributed by atoms with Crippen molar-refractivity contribution >= 4 is 12.4 Å². The van der Waals surface area contributed by atoms with Crippen molar-refractivity contribution in [1.82, 2.24) is 5.32 Å². The Morgan fingerprint density at radius 2 is 1.84 bits per heavy atom. The van der Waals surface area contributed by atoms with Crippen LogP contribution in [0.1, 0.15) is 38.2 Å². The van der Waals surface area contributed by atoms with Crippen molar-refractivity contribution in [2.75, 3.05) is 0 Å². The predicted molar refractivity (Wildman–Crippen MR) is 79.9 cm³/mol. The average Bonchev–Trinajstić information content (AvgIpc) is 2.35. The number of halogens is 1. The van der Waals surface area contributed by atoms with Crippen molar-refractivity contribution in [3.8, 4) is 5.75 Å². The Balaban J connectivity index is 0.00000180. The van der Waals surface area contributed by atoms with Gasteiger partial charge in [0, 0.05) is 6.04 Å². The summed E-state index contributed by atoms with van der Waals surface area (Å²) in [5, 5.41) is 13.3. The zero-order valence-corrected chi connectivity index (χ0v) is 12.5. The SMILES string of the molecule is Cc1ccc(OC(C)NC2CCCCC2O)cc1.Cl. The third kappa shape index (κ3) is 5.01. The van der Waals surface area contributed by atoms with Gasteiger partial charge < -0.3 is 9.84 Å². The van der Waals surface area contributed by atoms with Gasteiger partial charge in [-0.15, -0.1) is 12.4 Å². The molecule has 1 aliphatic rings. The zero-order valence-electron chi connectivity index (χ0n) is 11.6.